The summed E-state index contributed by atoms with van der Waals surface area (Å²) in [6, 6.07) is 12.3. The van der Waals surface area contributed by atoms with Crippen molar-refractivity contribution >= 4 is 38.0 Å². The number of nitrogens with one attached hydrogen (secondary N) is 1. The average molecular weight is 424 g/mol. The van der Waals surface area contributed by atoms with Crippen LogP contribution in [0.5, 0.6) is 5.75 Å². The van der Waals surface area contributed by atoms with Crippen LogP contribution in [0.1, 0.15) is 5.56 Å². The molecule has 1 aliphatic rings. The molecule has 1 fully saturated rings. The average Bonchev–Trinajstić information content (AvgIpc) is 3.20. The third-order valence-electron chi connectivity index (χ3n) is 5.83. The van der Waals surface area contributed by atoms with Gasteiger partial charge in [0.1, 0.15) is 11.6 Å². The molecular formula is C23H22FN3O2S. The molecule has 2 aromatic carbocycles. The van der Waals surface area contributed by atoms with E-state index in [9.17, 15) is 14.3 Å². The third kappa shape index (κ3) is 3.66. The van der Waals surface area contributed by atoms with Crippen LogP contribution in [0.2, 0.25) is 0 Å². The molecule has 5 rings (SSSR count). The van der Waals surface area contributed by atoms with E-state index < -0.39 is 0 Å². The van der Waals surface area contributed by atoms with Crippen molar-refractivity contribution in [3.63, 3.8) is 0 Å². The van der Waals surface area contributed by atoms with Crippen molar-refractivity contribution in [2.24, 2.45) is 0 Å². The summed E-state index contributed by atoms with van der Waals surface area (Å²) in [5.41, 5.74) is 2.47. The largest absolute Gasteiger partial charge is 0.507 e. The number of hydrogen-bond donors (Lipinski definition) is 2. The molecule has 1 saturated heterocycles. The van der Waals surface area contributed by atoms with Crippen LogP contribution < -0.4 is 10.5 Å². The van der Waals surface area contributed by atoms with E-state index in [4.69, 9.17) is 0 Å². The number of thiophene rings is 1. The molecule has 0 unspecified atom stereocenters. The molecule has 0 spiro atoms. The van der Waals surface area contributed by atoms with Gasteiger partial charge in [0.2, 0.25) is 0 Å². The Morgan fingerprint density at radius 1 is 1.03 bits per heavy atom. The normalized spacial score (nSPS) is 15.3. The summed E-state index contributed by atoms with van der Waals surface area (Å²) in [5.74, 6) is -0.170. The van der Waals surface area contributed by atoms with Gasteiger partial charge >= 0.3 is 0 Å². The Bertz CT molecular complexity index is 1270. The highest BCUT2D eigenvalue weighted by atomic mass is 32.1. The lowest BCUT2D eigenvalue weighted by Gasteiger charge is -2.36. The number of rotatable bonds is 4. The number of aromatic hydroxyl groups is 1. The Balaban J connectivity index is 1.24. The van der Waals surface area contributed by atoms with Crippen LogP contribution in [0.15, 0.2) is 52.6 Å². The predicted molar refractivity (Wildman–Crippen MR) is 120 cm³/mol. The molecule has 0 atom stereocenters. The highest BCUT2D eigenvalue weighted by Gasteiger charge is 2.19. The van der Waals surface area contributed by atoms with Gasteiger partial charge in [0.25, 0.3) is 5.56 Å². The van der Waals surface area contributed by atoms with Crippen molar-refractivity contribution < 1.29 is 9.50 Å². The molecule has 30 heavy (non-hydrogen) atoms. The summed E-state index contributed by atoms with van der Waals surface area (Å²) in [4.78, 5) is 19.1. The van der Waals surface area contributed by atoms with Crippen molar-refractivity contribution in [3.8, 4) is 5.75 Å². The SMILES string of the molecule is O=c1cc(O)c2ccc(CCN3CCN(c4cc(F)cc5sccc45)CC3)cc2[nH]1. The maximum Gasteiger partial charge on any atom is 0.252 e. The van der Waals surface area contributed by atoms with E-state index in [0.29, 0.717) is 10.9 Å². The number of nitrogens with zero attached hydrogens (tertiary/aromatic N) is 2. The monoisotopic (exact) mass is 423 g/mol. The minimum Gasteiger partial charge on any atom is -0.507 e. The van der Waals surface area contributed by atoms with E-state index in [-0.39, 0.29) is 17.1 Å². The van der Waals surface area contributed by atoms with E-state index in [2.05, 4.69) is 20.9 Å². The van der Waals surface area contributed by atoms with Crippen LogP contribution in [0.25, 0.3) is 21.0 Å². The van der Waals surface area contributed by atoms with E-state index in [1.165, 1.54) is 6.07 Å². The highest BCUT2D eigenvalue weighted by Crippen LogP contribution is 2.32. The number of hydrogen-bond acceptors (Lipinski definition) is 5. The lowest BCUT2D eigenvalue weighted by Crippen LogP contribution is -2.47. The van der Waals surface area contributed by atoms with Crippen LogP contribution in [0.3, 0.4) is 0 Å². The number of fused-ring (bicyclic) bond motifs is 2. The number of aromatic amines is 1. The second kappa shape index (κ2) is 7.74. The fourth-order valence-electron chi connectivity index (χ4n) is 4.23. The zero-order valence-electron chi connectivity index (χ0n) is 16.4. The summed E-state index contributed by atoms with van der Waals surface area (Å²) in [7, 11) is 0. The Hall–Kier alpha value is -2.90. The van der Waals surface area contributed by atoms with Gasteiger partial charge in [0.15, 0.2) is 0 Å². The Morgan fingerprint density at radius 3 is 2.70 bits per heavy atom. The van der Waals surface area contributed by atoms with Crippen molar-refractivity contribution in [3.05, 3.63) is 69.6 Å². The Labute approximate surface area is 177 Å². The first-order valence-electron chi connectivity index (χ1n) is 10.1. The number of benzene rings is 2. The molecule has 4 aromatic rings. The van der Waals surface area contributed by atoms with Crippen LogP contribution in [0, 0.1) is 5.82 Å². The summed E-state index contributed by atoms with van der Waals surface area (Å²) in [5, 5.41) is 13.7. The molecule has 154 valence electrons. The Kier molecular flexibility index (Phi) is 4.92. The molecule has 2 N–H and O–H groups in total. The zero-order valence-corrected chi connectivity index (χ0v) is 17.2. The number of pyridine rings is 1. The Morgan fingerprint density at radius 2 is 1.87 bits per heavy atom. The smallest absolute Gasteiger partial charge is 0.252 e. The van der Waals surface area contributed by atoms with E-state index in [0.717, 1.165) is 60.5 Å². The van der Waals surface area contributed by atoms with E-state index in [1.807, 2.05) is 23.6 Å². The fourth-order valence-corrected chi connectivity index (χ4v) is 5.06. The second-order valence-electron chi connectivity index (χ2n) is 7.73. The minimum atomic E-state index is -0.301. The standard InChI is InChI=1S/C23H22FN3O2S/c24-16-12-20(18-4-10-30-22(18)13-16)27-8-6-26(7-9-27)5-3-15-1-2-17-19(11-15)25-23(29)14-21(17)28/h1-2,4,10-14H,3,5-9H2,(H2,25,28,29). The van der Waals surface area contributed by atoms with Gasteiger partial charge in [-0.1, -0.05) is 6.07 Å². The molecule has 0 radical (unpaired) electrons. The molecule has 0 bridgehead atoms. The molecule has 7 heteroatoms. The van der Waals surface area contributed by atoms with Gasteiger partial charge in [-0.05, 0) is 47.7 Å². The second-order valence-corrected chi connectivity index (χ2v) is 8.68. The summed E-state index contributed by atoms with van der Waals surface area (Å²) in [6.45, 7) is 4.50. The summed E-state index contributed by atoms with van der Waals surface area (Å²) < 4.78 is 15.0. The first-order valence-corrected chi connectivity index (χ1v) is 10.9. The lowest BCUT2D eigenvalue weighted by molar-refractivity contribution is 0.261. The first kappa shape index (κ1) is 19.1. The predicted octanol–water partition coefficient (Wildman–Crippen LogP) is 3.95. The van der Waals surface area contributed by atoms with Crippen molar-refractivity contribution in [2.75, 3.05) is 37.6 Å². The van der Waals surface area contributed by atoms with Gasteiger partial charge in [-0.25, -0.2) is 4.39 Å². The topological polar surface area (TPSA) is 59.6 Å². The van der Waals surface area contributed by atoms with Gasteiger partial charge in [-0.3, -0.25) is 9.69 Å². The van der Waals surface area contributed by atoms with Crippen molar-refractivity contribution in [1.82, 2.24) is 9.88 Å². The van der Waals surface area contributed by atoms with Crippen LogP contribution >= 0.6 is 11.3 Å². The van der Waals surface area contributed by atoms with E-state index in [1.54, 1.807) is 23.5 Å². The van der Waals surface area contributed by atoms with E-state index >= 15 is 0 Å². The van der Waals surface area contributed by atoms with Gasteiger partial charge in [-0.2, -0.15) is 0 Å². The van der Waals surface area contributed by atoms with Crippen molar-refractivity contribution in [2.45, 2.75) is 6.42 Å². The van der Waals surface area contributed by atoms with Crippen molar-refractivity contribution in [1.29, 1.82) is 0 Å². The van der Waals surface area contributed by atoms with Gasteiger partial charge in [0, 0.05) is 59.9 Å². The van der Waals surface area contributed by atoms with Crippen LogP contribution in [0.4, 0.5) is 10.1 Å². The molecule has 0 saturated carbocycles. The maximum absolute atomic E-state index is 14.0. The number of H-pyrrole nitrogens is 1. The molecule has 0 aliphatic carbocycles. The quantitative estimate of drug-likeness (QED) is 0.522. The molecule has 0 amide bonds. The number of aromatic nitrogens is 1. The number of anilines is 1. The molecule has 5 nitrogen and oxygen atoms in total. The minimum absolute atomic E-state index is 0.00787. The lowest BCUT2D eigenvalue weighted by atomic mass is 10.1. The zero-order chi connectivity index (χ0) is 20.7. The summed E-state index contributed by atoms with van der Waals surface area (Å²) >= 11 is 1.57. The fraction of sp³-hybridized carbons (Fsp3) is 0.261. The third-order valence-corrected chi connectivity index (χ3v) is 6.69. The highest BCUT2D eigenvalue weighted by molar-refractivity contribution is 7.17. The maximum atomic E-state index is 14.0. The summed E-state index contributed by atoms with van der Waals surface area (Å²) in [6.07, 6.45) is 0.863. The van der Waals surface area contributed by atoms with Crippen LogP contribution in [-0.4, -0.2) is 47.7 Å². The number of piperazine rings is 1. The van der Waals surface area contributed by atoms with Crippen LogP contribution in [-0.2, 0) is 6.42 Å². The first-order chi connectivity index (χ1) is 14.6. The number of halogens is 1. The molecule has 2 aromatic heterocycles. The van der Waals surface area contributed by atoms with Gasteiger partial charge < -0.3 is 15.0 Å². The molecular weight excluding hydrogens is 401 g/mol. The van der Waals surface area contributed by atoms with Gasteiger partial charge in [0.05, 0.1) is 5.52 Å². The molecule has 1 aliphatic heterocycles. The molecule has 3 heterocycles. The van der Waals surface area contributed by atoms with Gasteiger partial charge in [-0.15, -0.1) is 11.3 Å².